The Morgan fingerprint density at radius 1 is 0.788 bits per heavy atom. The first-order chi connectivity index (χ1) is 15.5. The number of rotatable bonds is 5. The molecule has 0 heterocycles. The Morgan fingerprint density at radius 2 is 1.36 bits per heavy atom. The van der Waals surface area contributed by atoms with Gasteiger partial charge in [0, 0.05) is 15.7 Å². The van der Waals surface area contributed by atoms with Crippen LogP contribution < -0.4 is 15.6 Å². The molecular weight excluding hydrogens is 527 g/mol. The number of anilines is 1. The Hall–Kier alpha value is -3.38. The molecule has 0 atom stereocenters. The number of carbonyl (C=O) groups excluding carboxylic acids is 2. The van der Waals surface area contributed by atoms with E-state index >= 15 is 0 Å². The molecule has 0 unspecified atom stereocenters. The second-order valence-corrected chi connectivity index (χ2v) is 9.19. The van der Waals surface area contributed by atoms with Crippen molar-refractivity contribution in [2.75, 3.05) is 4.72 Å². The SMILES string of the molecule is O=C(NNC(=O)c1ccccc1C(F)(F)F)c1ccc(NS(=O)(=O)c2ccc(Br)cc2)cc1. The van der Waals surface area contributed by atoms with E-state index < -0.39 is 39.1 Å². The number of hydrogen-bond donors (Lipinski definition) is 3. The molecule has 3 rings (SSSR count). The van der Waals surface area contributed by atoms with Crippen LogP contribution >= 0.6 is 15.9 Å². The van der Waals surface area contributed by atoms with Gasteiger partial charge in [-0.25, -0.2) is 8.42 Å². The largest absolute Gasteiger partial charge is 0.417 e. The lowest BCUT2D eigenvalue weighted by molar-refractivity contribution is -0.137. The summed E-state index contributed by atoms with van der Waals surface area (Å²) in [5, 5.41) is 0. The summed E-state index contributed by atoms with van der Waals surface area (Å²) >= 11 is 3.22. The van der Waals surface area contributed by atoms with Gasteiger partial charge in [0.15, 0.2) is 0 Å². The molecule has 33 heavy (non-hydrogen) atoms. The Labute approximate surface area is 195 Å². The van der Waals surface area contributed by atoms with Gasteiger partial charge in [0.05, 0.1) is 16.0 Å². The molecule has 172 valence electrons. The van der Waals surface area contributed by atoms with Crippen molar-refractivity contribution >= 4 is 43.5 Å². The zero-order valence-electron chi connectivity index (χ0n) is 16.5. The summed E-state index contributed by atoms with van der Waals surface area (Å²) in [4.78, 5) is 24.4. The first-order valence-corrected chi connectivity index (χ1v) is 11.4. The molecule has 0 bridgehead atoms. The van der Waals surface area contributed by atoms with Gasteiger partial charge in [-0.3, -0.25) is 25.2 Å². The van der Waals surface area contributed by atoms with Gasteiger partial charge in [-0.05, 0) is 60.7 Å². The highest BCUT2D eigenvalue weighted by atomic mass is 79.9. The highest BCUT2D eigenvalue weighted by molar-refractivity contribution is 9.10. The van der Waals surface area contributed by atoms with Gasteiger partial charge in [-0.2, -0.15) is 13.2 Å². The van der Waals surface area contributed by atoms with Gasteiger partial charge in [0.25, 0.3) is 21.8 Å². The minimum atomic E-state index is -4.74. The molecule has 0 radical (unpaired) electrons. The molecule has 7 nitrogen and oxygen atoms in total. The van der Waals surface area contributed by atoms with Crippen molar-refractivity contribution in [2.45, 2.75) is 11.1 Å². The molecule has 0 aromatic heterocycles. The molecule has 0 spiro atoms. The number of amides is 2. The predicted octanol–water partition coefficient (Wildman–Crippen LogP) is 4.34. The Balaban J connectivity index is 1.64. The summed E-state index contributed by atoms with van der Waals surface area (Å²) in [6.45, 7) is 0. The maximum absolute atomic E-state index is 13.0. The molecule has 0 aliphatic carbocycles. The third-order valence-electron chi connectivity index (χ3n) is 4.29. The molecule has 3 aromatic rings. The van der Waals surface area contributed by atoms with Gasteiger partial charge >= 0.3 is 6.18 Å². The van der Waals surface area contributed by atoms with E-state index in [1.807, 2.05) is 10.9 Å². The highest BCUT2D eigenvalue weighted by Crippen LogP contribution is 2.31. The van der Waals surface area contributed by atoms with Crippen LogP contribution in [0.15, 0.2) is 82.2 Å². The van der Waals surface area contributed by atoms with Crippen LogP contribution in [-0.2, 0) is 16.2 Å². The van der Waals surface area contributed by atoms with Crippen LogP contribution in [0.4, 0.5) is 18.9 Å². The van der Waals surface area contributed by atoms with Gasteiger partial charge in [0.1, 0.15) is 0 Å². The maximum Gasteiger partial charge on any atom is 0.417 e. The minimum Gasteiger partial charge on any atom is -0.280 e. The van der Waals surface area contributed by atoms with Gasteiger partial charge in [-0.15, -0.1) is 0 Å². The van der Waals surface area contributed by atoms with Crippen molar-refractivity contribution in [3.8, 4) is 0 Å². The summed E-state index contributed by atoms with van der Waals surface area (Å²) in [7, 11) is -3.85. The van der Waals surface area contributed by atoms with Crippen molar-refractivity contribution in [3.63, 3.8) is 0 Å². The number of nitrogens with one attached hydrogen (secondary N) is 3. The molecule has 0 saturated carbocycles. The molecule has 0 aliphatic rings. The predicted molar refractivity (Wildman–Crippen MR) is 118 cm³/mol. The van der Waals surface area contributed by atoms with Crippen LogP contribution in [0.25, 0.3) is 0 Å². The van der Waals surface area contributed by atoms with Gasteiger partial charge in [-0.1, -0.05) is 28.1 Å². The number of halogens is 4. The summed E-state index contributed by atoms with van der Waals surface area (Å²) in [5.41, 5.74) is 2.38. The van der Waals surface area contributed by atoms with Crippen molar-refractivity contribution < 1.29 is 31.2 Å². The van der Waals surface area contributed by atoms with E-state index in [2.05, 4.69) is 20.7 Å². The van der Waals surface area contributed by atoms with E-state index in [-0.39, 0.29) is 16.1 Å². The quantitative estimate of drug-likeness (QED) is 0.418. The van der Waals surface area contributed by atoms with E-state index in [0.717, 1.165) is 18.2 Å². The molecular formula is C21H15BrF3N3O4S. The Bertz CT molecular complexity index is 1280. The third kappa shape index (κ3) is 6.11. The lowest BCUT2D eigenvalue weighted by Crippen LogP contribution is -2.42. The Kier molecular flexibility index (Phi) is 7.08. The molecule has 0 saturated heterocycles. The molecule has 2 amide bonds. The van der Waals surface area contributed by atoms with Crippen LogP contribution in [0.3, 0.4) is 0 Å². The van der Waals surface area contributed by atoms with Crippen LogP contribution in [0.2, 0.25) is 0 Å². The van der Waals surface area contributed by atoms with Gasteiger partial charge in [0.2, 0.25) is 0 Å². The monoisotopic (exact) mass is 541 g/mol. The summed E-state index contributed by atoms with van der Waals surface area (Å²) < 4.78 is 67.0. The topological polar surface area (TPSA) is 104 Å². The molecule has 3 aromatic carbocycles. The second-order valence-electron chi connectivity index (χ2n) is 6.59. The van der Waals surface area contributed by atoms with Crippen molar-refractivity contribution in [3.05, 3.63) is 94.0 Å². The zero-order chi connectivity index (χ0) is 24.2. The number of hydrogen-bond acceptors (Lipinski definition) is 4. The normalized spacial score (nSPS) is 11.5. The second kappa shape index (κ2) is 9.63. The van der Waals surface area contributed by atoms with E-state index in [1.165, 1.54) is 42.5 Å². The third-order valence-corrected chi connectivity index (χ3v) is 6.22. The smallest absolute Gasteiger partial charge is 0.280 e. The fraction of sp³-hybridized carbons (Fsp3) is 0.0476. The first-order valence-electron chi connectivity index (χ1n) is 9.13. The van der Waals surface area contributed by atoms with Crippen molar-refractivity contribution in [1.29, 1.82) is 0 Å². The molecule has 3 N–H and O–H groups in total. The number of hydrazine groups is 1. The molecule has 12 heteroatoms. The summed E-state index contributed by atoms with van der Waals surface area (Å²) in [6.07, 6.45) is -4.74. The number of alkyl halides is 3. The highest BCUT2D eigenvalue weighted by Gasteiger charge is 2.34. The van der Waals surface area contributed by atoms with E-state index in [0.29, 0.717) is 4.47 Å². The fourth-order valence-corrected chi connectivity index (χ4v) is 4.02. The average molecular weight is 542 g/mol. The lowest BCUT2D eigenvalue weighted by Gasteiger charge is -2.13. The average Bonchev–Trinajstić information content (AvgIpc) is 2.77. The van der Waals surface area contributed by atoms with Crippen LogP contribution in [0.1, 0.15) is 26.3 Å². The number of sulfonamides is 1. The van der Waals surface area contributed by atoms with Crippen LogP contribution in [0.5, 0.6) is 0 Å². The summed E-state index contributed by atoms with van der Waals surface area (Å²) in [5.74, 6) is -1.95. The van der Waals surface area contributed by atoms with Crippen molar-refractivity contribution in [2.24, 2.45) is 0 Å². The maximum atomic E-state index is 13.0. The molecule has 0 aliphatic heterocycles. The van der Waals surface area contributed by atoms with Gasteiger partial charge < -0.3 is 0 Å². The zero-order valence-corrected chi connectivity index (χ0v) is 18.9. The minimum absolute atomic E-state index is 0.0333. The Morgan fingerprint density at radius 3 is 1.97 bits per heavy atom. The number of benzene rings is 3. The fourth-order valence-electron chi connectivity index (χ4n) is 2.70. The van der Waals surface area contributed by atoms with Crippen LogP contribution in [-0.4, -0.2) is 20.2 Å². The molecule has 0 fully saturated rings. The standard InChI is InChI=1S/C21H15BrF3N3O4S/c22-14-7-11-16(12-8-14)33(31,32)28-15-9-5-13(6-10-15)19(29)26-27-20(30)17-3-1-2-4-18(17)21(23,24)25/h1-12,28H,(H,26,29)(H,27,30). The van der Waals surface area contributed by atoms with E-state index in [9.17, 15) is 31.2 Å². The van der Waals surface area contributed by atoms with Crippen molar-refractivity contribution in [1.82, 2.24) is 10.9 Å². The first kappa shape index (κ1) is 24.3. The van der Waals surface area contributed by atoms with E-state index in [1.54, 1.807) is 12.1 Å². The van der Waals surface area contributed by atoms with Crippen LogP contribution in [0, 0.1) is 0 Å². The number of carbonyl (C=O) groups is 2. The summed E-state index contributed by atoms with van der Waals surface area (Å²) in [6, 6.07) is 15.3. The lowest BCUT2D eigenvalue weighted by atomic mass is 10.1. The van der Waals surface area contributed by atoms with E-state index in [4.69, 9.17) is 0 Å².